The lowest BCUT2D eigenvalue weighted by Gasteiger charge is -2.27. The fourth-order valence-corrected chi connectivity index (χ4v) is 10.7. The molecule has 0 fully saturated rings. The van der Waals surface area contributed by atoms with Crippen LogP contribution in [-0.2, 0) is 10.8 Å². The quantitative estimate of drug-likeness (QED) is 0.174. The standard InChI is InChI=1S/C58H45N3/c1-57(2,3)37-28-45-42-25-34-17-13-14-18-35(34)26-49(42)60-50-32-44-47-30-38(58(4,5)6)31-48-53-41-24-16-15-19-36(41)27-52(59(39-20-9-7-10-21-39)40-22-11-8-12-23-40)56(53)61(55(47)48)51(44)33-43(50)46(29-37)54(45)60/h7-33H,1-6H3. The molecule has 13 rings (SSSR count). The molecule has 0 aliphatic carbocycles. The van der Waals surface area contributed by atoms with E-state index in [0.717, 1.165) is 11.4 Å². The molecular weight excluding hydrogens is 739 g/mol. The van der Waals surface area contributed by atoms with Crippen LogP contribution in [0.5, 0.6) is 0 Å². The molecule has 0 radical (unpaired) electrons. The largest absolute Gasteiger partial charge is 0.308 e. The first-order valence-electron chi connectivity index (χ1n) is 21.7. The van der Waals surface area contributed by atoms with E-state index in [1.807, 2.05) is 0 Å². The Bertz CT molecular complexity index is 3890. The Kier molecular flexibility index (Phi) is 6.72. The van der Waals surface area contributed by atoms with E-state index in [1.165, 1.54) is 115 Å². The van der Waals surface area contributed by atoms with E-state index in [-0.39, 0.29) is 10.8 Å². The number of aromatic nitrogens is 2. The Morgan fingerprint density at radius 1 is 0.344 bits per heavy atom. The highest BCUT2D eigenvalue weighted by molar-refractivity contribution is 6.33. The van der Waals surface area contributed by atoms with E-state index < -0.39 is 0 Å². The molecule has 9 aromatic carbocycles. The molecule has 3 nitrogen and oxygen atoms in total. The van der Waals surface area contributed by atoms with Gasteiger partial charge in [-0.1, -0.05) is 126 Å². The average Bonchev–Trinajstić information content (AvgIpc) is 3.98. The van der Waals surface area contributed by atoms with E-state index in [9.17, 15) is 0 Å². The minimum atomic E-state index is -0.0600. The normalized spacial score (nSPS) is 13.1. The van der Waals surface area contributed by atoms with Crippen LogP contribution in [0, 0.1) is 0 Å². The van der Waals surface area contributed by atoms with Crippen LogP contribution in [0.4, 0.5) is 17.1 Å². The molecular formula is C58H45N3. The van der Waals surface area contributed by atoms with Gasteiger partial charge in [0, 0.05) is 54.5 Å². The van der Waals surface area contributed by atoms with Gasteiger partial charge in [0.1, 0.15) is 0 Å². The second kappa shape index (κ2) is 11.8. The SMILES string of the molecule is CC(C)(C)c1cc2c3cc4ccccc4cc3n3c4cc5c6cc(C(C)(C)C)cc7c8c9ccccc9cc(N(c9ccccc9)c9ccccc9)c8n(c5cc4c(c1)c23)c67. The topological polar surface area (TPSA) is 12.1 Å². The first-order chi connectivity index (χ1) is 29.5. The molecule has 0 N–H and O–H groups in total. The maximum absolute atomic E-state index is 2.63. The molecule has 4 heterocycles. The maximum Gasteiger partial charge on any atom is 0.0789 e. The summed E-state index contributed by atoms with van der Waals surface area (Å²) in [7, 11) is 0. The van der Waals surface area contributed by atoms with Gasteiger partial charge in [0.15, 0.2) is 0 Å². The predicted molar refractivity (Wildman–Crippen MR) is 263 cm³/mol. The average molecular weight is 784 g/mol. The second-order valence-electron chi connectivity index (χ2n) is 19.5. The molecule has 0 aliphatic rings. The molecule has 292 valence electrons. The number of para-hydroxylation sites is 2. The second-order valence-corrected chi connectivity index (χ2v) is 19.5. The van der Waals surface area contributed by atoms with Crippen molar-refractivity contribution in [1.29, 1.82) is 0 Å². The molecule has 4 aromatic heterocycles. The van der Waals surface area contributed by atoms with Crippen molar-refractivity contribution in [2.75, 3.05) is 4.90 Å². The predicted octanol–water partition coefficient (Wildman–Crippen LogP) is 16.4. The number of benzene rings is 9. The smallest absolute Gasteiger partial charge is 0.0789 e. The van der Waals surface area contributed by atoms with Gasteiger partial charge in [-0.05, 0) is 122 Å². The third-order valence-corrected chi connectivity index (χ3v) is 13.7. The Morgan fingerprint density at radius 2 is 0.787 bits per heavy atom. The first kappa shape index (κ1) is 34.7. The van der Waals surface area contributed by atoms with Gasteiger partial charge in [-0.3, -0.25) is 0 Å². The molecule has 3 heteroatoms. The van der Waals surface area contributed by atoms with E-state index in [1.54, 1.807) is 0 Å². The summed E-state index contributed by atoms with van der Waals surface area (Å²) < 4.78 is 5.21. The lowest BCUT2D eigenvalue weighted by Crippen LogP contribution is -2.11. The number of anilines is 3. The Hall–Kier alpha value is -7.10. The van der Waals surface area contributed by atoms with Crippen molar-refractivity contribution in [3.05, 3.63) is 175 Å². The van der Waals surface area contributed by atoms with Crippen molar-refractivity contribution in [2.24, 2.45) is 0 Å². The molecule has 0 saturated carbocycles. The van der Waals surface area contributed by atoms with Crippen LogP contribution in [0.15, 0.2) is 164 Å². The zero-order valence-electron chi connectivity index (χ0n) is 35.4. The van der Waals surface area contributed by atoms with Gasteiger partial charge in [0.25, 0.3) is 0 Å². The Balaban J connectivity index is 1.28. The van der Waals surface area contributed by atoms with Crippen LogP contribution in [0.3, 0.4) is 0 Å². The first-order valence-corrected chi connectivity index (χ1v) is 21.7. The van der Waals surface area contributed by atoms with Crippen LogP contribution in [0.2, 0.25) is 0 Å². The third kappa shape index (κ3) is 4.69. The highest BCUT2D eigenvalue weighted by Gasteiger charge is 2.29. The van der Waals surface area contributed by atoms with Crippen molar-refractivity contribution >= 4 is 115 Å². The van der Waals surface area contributed by atoms with Crippen LogP contribution < -0.4 is 4.90 Å². The number of nitrogens with zero attached hydrogens (tertiary/aromatic N) is 3. The Labute approximate surface area is 354 Å². The van der Waals surface area contributed by atoms with Gasteiger partial charge in [0.2, 0.25) is 0 Å². The minimum Gasteiger partial charge on any atom is -0.308 e. The number of hydrogen-bond donors (Lipinski definition) is 0. The highest BCUT2D eigenvalue weighted by Crippen LogP contribution is 2.51. The van der Waals surface area contributed by atoms with Crippen molar-refractivity contribution in [2.45, 2.75) is 52.4 Å². The summed E-state index contributed by atoms with van der Waals surface area (Å²) in [5.74, 6) is 0. The number of fused-ring (bicyclic) bond motifs is 15. The lowest BCUT2D eigenvalue weighted by atomic mass is 9.85. The minimum absolute atomic E-state index is 0.0217. The van der Waals surface area contributed by atoms with Gasteiger partial charge in [-0.25, -0.2) is 0 Å². The van der Waals surface area contributed by atoms with Gasteiger partial charge in [-0.2, -0.15) is 0 Å². The van der Waals surface area contributed by atoms with Crippen molar-refractivity contribution in [1.82, 2.24) is 8.80 Å². The Morgan fingerprint density at radius 3 is 1.36 bits per heavy atom. The molecule has 0 atom stereocenters. The molecule has 61 heavy (non-hydrogen) atoms. The fourth-order valence-electron chi connectivity index (χ4n) is 10.7. The van der Waals surface area contributed by atoms with Gasteiger partial charge >= 0.3 is 0 Å². The van der Waals surface area contributed by atoms with Crippen LogP contribution in [0.1, 0.15) is 52.7 Å². The summed E-state index contributed by atoms with van der Waals surface area (Å²) >= 11 is 0. The van der Waals surface area contributed by atoms with Crippen molar-refractivity contribution in [3.63, 3.8) is 0 Å². The third-order valence-electron chi connectivity index (χ3n) is 13.7. The van der Waals surface area contributed by atoms with E-state index >= 15 is 0 Å². The lowest BCUT2D eigenvalue weighted by molar-refractivity contribution is 0.591. The summed E-state index contributed by atoms with van der Waals surface area (Å²) in [5, 5.41) is 15.5. The summed E-state index contributed by atoms with van der Waals surface area (Å²) in [6.45, 7) is 14.1. The van der Waals surface area contributed by atoms with Gasteiger partial charge in [-0.15, -0.1) is 0 Å². The van der Waals surface area contributed by atoms with Gasteiger partial charge < -0.3 is 13.7 Å². The van der Waals surface area contributed by atoms with Crippen LogP contribution >= 0.6 is 0 Å². The van der Waals surface area contributed by atoms with Crippen LogP contribution in [-0.4, -0.2) is 8.80 Å². The van der Waals surface area contributed by atoms with E-state index in [2.05, 4.69) is 219 Å². The van der Waals surface area contributed by atoms with E-state index in [4.69, 9.17) is 0 Å². The molecule has 0 unspecified atom stereocenters. The van der Waals surface area contributed by atoms with Crippen LogP contribution in [0.25, 0.3) is 97.7 Å². The van der Waals surface area contributed by atoms with Crippen molar-refractivity contribution < 1.29 is 0 Å². The van der Waals surface area contributed by atoms with E-state index in [0.29, 0.717) is 0 Å². The zero-order chi connectivity index (χ0) is 41.1. The molecule has 0 bridgehead atoms. The molecule has 13 aromatic rings. The highest BCUT2D eigenvalue weighted by atomic mass is 15.2. The molecule has 0 saturated heterocycles. The molecule has 0 spiro atoms. The summed E-state index contributed by atoms with van der Waals surface area (Å²) in [6, 6.07) is 61.9. The summed E-state index contributed by atoms with van der Waals surface area (Å²) in [5.41, 5.74) is 13.7. The zero-order valence-corrected chi connectivity index (χ0v) is 35.4. The van der Waals surface area contributed by atoms with Gasteiger partial charge in [0.05, 0.1) is 38.8 Å². The molecule has 0 amide bonds. The fraction of sp³-hybridized carbons (Fsp3) is 0.138. The maximum atomic E-state index is 2.63. The summed E-state index contributed by atoms with van der Waals surface area (Å²) in [4.78, 5) is 2.46. The number of rotatable bonds is 3. The number of hydrogen-bond acceptors (Lipinski definition) is 1. The van der Waals surface area contributed by atoms with Crippen molar-refractivity contribution in [3.8, 4) is 0 Å². The monoisotopic (exact) mass is 783 g/mol. The summed E-state index contributed by atoms with van der Waals surface area (Å²) in [6.07, 6.45) is 0. The molecule has 0 aliphatic heterocycles.